The predicted octanol–water partition coefficient (Wildman–Crippen LogP) is 2.62. The summed E-state index contributed by atoms with van der Waals surface area (Å²) in [6.07, 6.45) is 6.11. The topological polar surface area (TPSA) is 86.2 Å². The lowest BCUT2D eigenvalue weighted by Crippen LogP contribution is -2.22. The molecule has 7 heteroatoms. The predicted molar refractivity (Wildman–Crippen MR) is 86.3 cm³/mol. The zero-order valence-corrected chi connectivity index (χ0v) is 12.8. The zero-order valence-electron chi connectivity index (χ0n) is 12.8. The molecule has 0 atom stereocenters. The van der Waals surface area contributed by atoms with Crippen molar-refractivity contribution in [3.05, 3.63) is 66.9 Å². The number of rotatable bonds is 5. The molecule has 0 aliphatic heterocycles. The maximum absolute atomic E-state index is 12.0. The summed E-state index contributed by atoms with van der Waals surface area (Å²) in [4.78, 5) is 28.7. The van der Waals surface area contributed by atoms with E-state index in [0.29, 0.717) is 5.75 Å². The van der Waals surface area contributed by atoms with Gasteiger partial charge in [0, 0.05) is 29.7 Å². The molecule has 0 aliphatic carbocycles. The van der Waals surface area contributed by atoms with Gasteiger partial charge in [0.25, 0.3) is 5.91 Å². The average Bonchev–Trinajstić information content (AvgIpc) is 2.63. The van der Waals surface area contributed by atoms with Gasteiger partial charge in [0.05, 0.1) is 7.11 Å². The Labute approximate surface area is 138 Å². The van der Waals surface area contributed by atoms with Gasteiger partial charge in [-0.2, -0.15) is 0 Å². The second-order valence-electron chi connectivity index (χ2n) is 4.72. The van der Waals surface area contributed by atoms with E-state index >= 15 is 0 Å². The molecule has 0 fully saturated rings. The molecular formula is C17H14N4O3. The van der Waals surface area contributed by atoms with Crippen LogP contribution in [0.25, 0.3) is 11.1 Å². The average molecular weight is 322 g/mol. The Kier molecular flexibility index (Phi) is 4.73. The highest BCUT2D eigenvalue weighted by Gasteiger charge is 2.16. The van der Waals surface area contributed by atoms with Gasteiger partial charge in [-0.25, -0.2) is 15.4 Å². The van der Waals surface area contributed by atoms with Gasteiger partial charge in [0.15, 0.2) is 0 Å². The molecule has 24 heavy (non-hydrogen) atoms. The lowest BCUT2D eigenvalue weighted by molar-refractivity contribution is 0.0534. The molecule has 1 N–H and O–H groups in total. The summed E-state index contributed by atoms with van der Waals surface area (Å²) in [5.74, 6) is 0.193. The van der Waals surface area contributed by atoms with Crippen LogP contribution in [0.2, 0.25) is 0 Å². The highest BCUT2D eigenvalue weighted by atomic mass is 16.6. The van der Waals surface area contributed by atoms with Crippen LogP contribution in [0, 0.1) is 0 Å². The minimum absolute atomic E-state index is 0.135. The number of nitrogens with one attached hydrogen (secondary N) is 1. The molecule has 0 unspecified atom stereocenters. The Morgan fingerprint density at radius 2 is 1.96 bits per heavy atom. The Bertz CT molecular complexity index is 840. The number of nitrogens with zero attached hydrogens (tertiary/aromatic N) is 3. The molecule has 2 aromatic heterocycles. The summed E-state index contributed by atoms with van der Waals surface area (Å²) >= 11 is 0. The molecule has 7 nitrogen and oxygen atoms in total. The van der Waals surface area contributed by atoms with E-state index in [2.05, 4.69) is 25.3 Å². The summed E-state index contributed by atoms with van der Waals surface area (Å²) < 4.78 is 5.87. The van der Waals surface area contributed by atoms with Crippen LogP contribution in [-0.2, 0) is 4.84 Å². The number of carbonyl (C=O) groups excluding carboxylic acids is 1. The smallest absolute Gasteiger partial charge is 0.281 e. The standard InChI is InChI=1S/C17H14N4O3/c1-23-21-16(22)14-10-19-11-20-17(14)24-15-7-3-2-6-13(15)12-5-4-8-18-9-12/h2-11H,1H3,(H,21,22). The summed E-state index contributed by atoms with van der Waals surface area (Å²) in [6, 6.07) is 11.2. The minimum atomic E-state index is -0.494. The highest BCUT2D eigenvalue weighted by molar-refractivity contribution is 5.95. The quantitative estimate of drug-likeness (QED) is 0.727. The van der Waals surface area contributed by atoms with E-state index in [0.717, 1.165) is 11.1 Å². The molecule has 3 aromatic rings. The van der Waals surface area contributed by atoms with Gasteiger partial charge in [-0.15, -0.1) is 0 Å². The highest BCUT2D eigenvalue weighted by Crippen LogP contribution is 2.32. The molecule has 120 valence electrons. The van der Waals surface area contributed by atoms with E-state index in [-0.39, 0.29) is 11.4 Å². The SMILES string of the molecule is CONC(=O)c1cncnc1Oc1ccccc1-c1cccnc1. The third kappa shape index (κ3) is 3.36. The number of ether oxygens (including phenoxy) is 1. The van der Waals surface area contributed by atoms with E-state index in [1.165, 1.54) is 19.6 Å². The Hall–Kier alpha value is -3.32. The van der Waals surface area contributed by atoms with Gasteiger partial charge in [-0.05, 0) is 12.1 Å². The second kappa shape index (κ2) is 7.30. The maximum atomic E-state index is 12.0. The van der Waals surface area contributed by atoms with Gasteiger partial charge in [0.1, 0.15) is 17.6 Å². The largest absolute Gasteiger partial charge is 0.437 e. The summed E-state index contributed by atoms with van der Waals surface area (Å²) in [5, 5.41) is 0. The number of para-hydroxylation sites is 1. The van der Waals surface area contributed by atoms with Gasteiger partial charge >= 0.3 is 0 Å². The fourth-order valence-electron chi connectivity index (χ4n) is 2.12. The molecule has 3 rings (SSSR count). The minimum Gasteiger partial charge on any atom is -0.437 e. The van der Waals surface area contributed by atoms with E-state index in [1.807, 2.05) is 30.3 Å². The molecule has 1 amide bonds. The van der Waals surface area contributed by atoms with Gasteiger partial charge in [-0.1, -0.05) is 24.3 Å². The molecule has 0 bridgehead atoms. The maximum Gasteiger partial charge on any atom is 0.281 e. The Morgan fingerprint density at radius 3 is 2.75 bits per heavy atom. The first-order chi connectivity index (χ1) is 11.8. The van der Waals surface area contributed by atoms with Gasteiger partial charge in [0.2, 0.25) is 5.88 Å². The zero-order chi connectivity index (χ0) is 16.8. The first kappa shape index (κ1) is 15.6. The van der Waals surface area contributed by atoms with Crippen LogP contribution in [0.4, 0.5) is 0 Å². The Balaban J connectivity index is 1.98. The van der Waals surface area contributed by atoms with E-state index in [1.54, 1.807) is 18.5 Å². The van der Waals surface area contributed by atoms with Crippen LogP contribution < -0.4 is 10.2 Å². The van der Waals surface area contributed by atoms with Crippen LogP contribution in [0.3, 0.4) is 0 Å². The van der Waals surface area contributed by atoms with Crippen molar-refractivity contribution in [1.29, 1.82) is 0 Å². The van der Waals surface area contributed by atoms with Crippen LogP contribution in [-0.4, -0.2) is 28.0 Å². The molecule has 0 aliphatic rings. The fraction of sp³-hybridized carbons (Fsp3) is 0.0588. The van der Waals surface area contributed by atoms with Crippen molar-refractivity contribution < 1.29 is 14.4 Å². The first-order valence-electron chi connectivity index (χ1n) is 7.10. The number of amides is 1. The van der Waals surface area contributed by atoms with E-state index < -0.39 is 5.91 Å². The molecule has 0 saturated carbocycles. The van der Waals surface area contributed by atoms with Crippen molar-refractivity contribution >= 4 is 5.91 Å². The number of hydrogen-bond donors (Lipinski definition) is 1. The number of aromatic nitrogens is 3. The molecule has 0 spiro atoms. The molecule has 1 aromatic carbocycles. The van der Waals surface area contributed by atoms with Crippen molar-refractivity contribution in [3.63, 3.8) is 0 Å². The number of benzene rings is 1. The molecule has 2 heterocycles. The third-order valence-electron chi connectivity index (χ3n) is 3.18. The van der Waals surface area contributed by atoms with Crippen LogP contribution >= 0.6 is 0 Å². The van der Waals surface area contributed by atoms with E-state index in [4.69, 9.17) is 4.74 Å². The van der Waals surface area contributed by atoms with E-state index in [9.17, 15) is 4.79 Å². The van der Waals surface area contributed by atoms with Crippen LogP contribution in [0.1, 0.15) is 10.4 Å². The lowest BCUT2D eigenvalue weighted by Gasteiger charge is -2.12. The molecule has 0 radical (unpaired) electrons. The fourth-order valence-corrected chi connectivity index (χ4v) is 2.12. The number of hydrogen-bond acceptors (Lipinski definition) is 6. The molecular weight excluding hydrogens is 308 g/mol. The second-order valence-corrected chi connectivity index (χ2v) is 4.72. The molecule has 0 saturated heterocycles. The Morgan fingerprint density at radius 1 is 1.08 bits per heavy atom. The lowest BCUT2D eigenvalue weighted by atomic mass is 10.1. The van der Waals surface area contributed by atoms with Crippen molar-refractivity contribution in [2.45, 2.75) is 0 Å². The summed E-state index contributed by atoms with van der Waals surface area (Å²) in [7, 11) is 1.35. The normalized spacial score (nSPS) is 10.2. The van der Waals surface area contributed by atoms with Crippen LogP contribution in [0.5, 0.6) is 11.6 Å². The number of hydroxylamine groups is 1. The van der Waals surface area contributed by atoms with Crippen LogP contribution in [0.15, 0.2) is 61.3 Å². The summed E-state index contributed by atoms with van der Waals surface area (Å²) in [6.45, 7) is 0. The van der Waals surface area contributed by atoms with Gasteiger partial charge < -0.3 is 4.74 Å². The first-order valence-corrected chi connectivity index (χ1v) is 7.10. The third-order valence-corrected chi connectivity index (χ3v) is 3.18. The van der Waals surface area contributed by atoms with Crippen molar-refractivity contribution in [1.82, 2.24) is 20.4 Å². The number of carbonyl (C=O) groups is 1. The summed E-state index contributed by atoms with van der Waals surface area (Å²) in [5.41, 5.74) is 4.12. The number of pyridine rings is 1. The van der Waals surface area contributed by atoms with Crippen molar-refractivity contribution in [3.8, 4) is 22.8 Å². The monoisotopic (exact) mass is 322 g/mol. The van der Waals surface area contributed by atoms with Gasteiger partial charge in [-0.3, -0.25) is 14.6 Å². The van der Waals surface area contributed by atoms with Crippen molar-refractivity contribution in [2.24, 2.45) is 0 Å². The van der Waals surface area contributed by atoms with Crippen molar-refractivity contribution in [2.75, 3.05) is 7.11 Å².